The molecule has 1 aromatic carbocycles. The monoisotopic (exact) mass is 294 g/mol. The van der Waals surface area contributed by atoms with Crippen molar-refractivity contribution in [3.63, 3.8) is 0 Å². The molecule has 1 heterocycles. The number of nitrogens with zero attached hydrogens (tertiary/aromatic N) is 1. The number of carbonyl (C=O) groups excluding carboxylic acids is 1. The molecule has 0 aliphatic carbocycles. The summed E-state index contributed by atoms with van der Waals surface area (Å²) in [5.41, 5.74) is 1.84. The Balaban J connectivity index is 1.93. The standard InChI is InChI=1S/C15H22N2O2S/c1-11-8-13(4-5-14(11)19-2)16-15(18)17-7-6-12(9-17)10-20-3/h4-5,8,12H,6-7,9-10H2,1-3H3,(H,16,18)/t12-/m1/s1. The van der Waals surface area contributed by atoms with Crippen LogP contribution in [0.25, 0.3) is 0 Å². The van der Waals surface area contributed by atoms with Crippen LogP contribution in [0.15, 0.2) is 18.2 Å². The summed E-state index contributed by atoms with van der Waals surface area (Å²) in [6, 6.07) is 5.69. The number of likely N-dealkylation sites (tertiary alicyclic amines) is 1. The van der Waals surface area contributed by atoms with Crippen molar-refractivity contribution in [2.75, 3.05) is 37.5 Å². The summed E-state index contributed by atoms with van der Waals surface area (Å²) in [6.07, 6.45) is 3.22. The molecular weight excluding hydrogens is 272 g/mol. The minimum atomic E-state index is -0.00169. The van der Waals surface area contributed by atoms with E-state index in [-0.39, 0.29) is 6.03 Å². The average Bonchev–Trinajstić information content (AvgIpc) is 2.88. The van der Waals surface area contributed by atoms with E-state index in [9.17, 15) is 4.79 Å². The summed E-state index contributed by atoms with van der Waals surface area (Å²) in [6.45, 7) is 3.69. The van der Waals surface area contributed by atoms with Crippen LogP contribution >= 0.6 is 11.8 Å². The Morgan fingerprint density at radius 3 is 3.00 bits per heavy atom. The highest BCUT2D eigenvalue weighted by Gasteiger charge is 2.25. The van der Waals surface area contributed by atoms with E-state index < -0.39 is 0 Å². The van der Waals surface area contributed by atoms with Gasteiger partial charge < -0.3 is 15.0 Å². The largest absolute Gasteiger partial charge is 0.496 e. The molecule has 1 aliphatic heterocycles. The Labute approximate surface area is 124 Å². The summed E-state index contributed by atoms with van der Waals surface area (Å²) in [5, 5.41) is 2.96. The molecule has 1 aromatic rings. The first kappa shape index (κ1) is 15.0. The van der Waals surface area contributed by atoms with E-state index >= 15 is 0 Å². The minimum absolute atomic E-state index is 0.00169. The highest BCUT2D eigenvalue weighted by Crippen LogP contribution is 2.23. The first-order valence-electron chi connectivity index (χ1n) is 6.83. The Kier molecular flexibility index (Phi) is 5.17. The lowest BCUT2D eigenvalue weighted by molar-refractivity contribution is 0.221. The zero-order valence-electron chi connectivity index (χ0n) is 12.3. The number of carbonyl (C=O) groups is 1. The third-order valence-corrected chi connectivity index (χ3v) is 4.43. The van der Waals surface area contributed by atoms with Gasteiger partial charge in [0.05, 0.1) is 7.11 Å². The van der Waals surface area contributed by atoms with Crippen molar-refractivity contribution >= 4 is 23.5 Å². The molecule has 20 heavy (non-hydrogen) atoms. The fraction of sp³-hybridized carbons (Fsp3) is 0.533. The van der Waals surface area contributed by atoms with Crippen LogP contribution in [0.2, 0.25) is 0 Å². The number of hydrogen-bond acceptors (Lipinski definition) is 3. The normalized spacial score (nSPS) is 18.1. The molecular formula is C15H22N2O2S. The van der Waals surface area contributed by atoms with Gasteiger partial charge in [-0.25, -0.2) is 4.79 Å². The van der Waals surface area contributed by atoms with E-state index in [1.807, 2.05) is 41.8 Å². The first-order chi connectivity index (χ1) is 9.63. The van der Waals surface area contributed by atoms with Gasteiger partial charge in [0, 0.05) is 18.8 Å². The van der Waals surface area contributed by atoms with Gasteiger partial charge in [0.1, 0.15) is 5.75 Å². The van der Waals surface area contributed by atoms with Crippen LogP contribution in [-0.2, 0) is 0 Å². The molecule has 2 amide bonds. The second-order valence-electron chi connectivity index (χ2n) is 5.17. The Morgan fingerprint density at radius 2 is 2.35 bits per heavy atom. The zero-order valence-corrected chi connectivity index (χ0v) is 13.1. The summed E-state index contributed by atoms with van der Waals surface area (Å²) < 4.78 is 5.22. The van der Waals surface area contributed by atoms with Crippen LogP contribution < -0.4 is 10.1 Å². The van der Waals surface area contributed by atoms with E-state index in [1.165, 1.54) is 0 Å². The molecule has 0 saturated carbocycles. The topological polar surface area (TPSA) is 41.6 Å². The molecule has 5 heteroatoms. The van der Waals surface area contributed by atoms with Crippen LogP contribution in [-0.4, -0.2) is 43.1 Å². The number of anilines is 1. The van der Waals surface area contributed by atoms with Gasteiger partial charge in [-0.15, -0.1) is 0 Å². The molecule has 0 bridgehead atoms. The molecule has 1 aliphatic rings. The number of rotatable bonds is 4. The lowest BCUT2D eigenvalue weighted by Gasteiger charge is -2.18. The first-order valence-corrected chi connectivity index (χ1v) is 8.23. The highest BCUT2D eigenvalue weighted by molar-refractivity contribution is 7.98. The van der Waals surface area contributed by atoms with E-state index in [0.29, 0.717) is 5.92 Å². The fourth-order valence-electron chi connectivity index (χ4n) is 2.55. The molecule has 1 N–H and O–H groups in total. The molecule has 0 unspecified atom stereocenters. The van der Waals surface area contributed by atoms with Gasteiger partial charge in [-0.2, -0.15) is 11.8 Å². The minimum Gasteiger partial charge on any atom is -0.496 e. The zero-order chi connectivity index (χ0) is 14.5. The lowest BCUT2D eigenvalue weighted by Crippen LogP contribution is -2.33. The fourth-order valence-corrected chi connectivity index (χ4v) is 3.29. The number of ether oxygens (including phenoxy) is 1. The third kappa shape index (κ3) is 3.60. The van der Waals surface area contributed by atoms with Crippen molar-refractivity contribution in [3.8, 4) is 5.75 Å². The number of amides is 2. The van der Waals surface area contributed by atoms with E-state index in [2.05, 4.69) is 11.6 Å². The van der Waals surface area contributed by atoms with Crippen LogP contribution in [0.1, 0.15) is 12.0 Å². The predicted octanol–water partition coefficient (Wildman–Crippen LogP) is 3.22. The maximum atomic E-state index is 12.2. The number of nitrogens with one attached hydrogen (secondary N) is 1. The van der Waals surface area contributed by atoms with Crippen LogP contribution in [0.4, 0.5) is 10.5 Å². The molecule has 1 atom stereocenters. The summed E-state index contributed by atoms with van der Waals surface area (Å²) in [4.78, 5) is 14.1. The Morgan fingerprint density at radius 1 is 1.55 bits per heavy atom. The number of urea groups is 1. The number of hydrogen-bond donors (Lipinski definition) is 1. The highest BCUT2D eigenvalue weighted by atomic mass is 32.2. The van der Waals surface area contributed by atoms with Gasteiger partial charge in [-0.3, -0.25) is 0 Å². The molecule has 1 fully saturated rings. The predicted molar refractivity (Wildman–Crippen MR) is 84.8 cm³/mol. The van der Waals surface area contributed by atoms with Gasteiger partial charge in [-0.1, -0.05) is 0 Å². The molecule has 0 aromatic heterocycles. The van der Waals surface area contributed by atoms with Gasteiger partial charge in [0.15, 0.2) is 0 Å². The van der Waals surface area contributed by atoms with E-state index in [1.54, 1.807) is 7.11 Å². The molecule has 4 nitrogen and oxygen atoms in total. The number of benzene rings is 1. The van der Waals surface area contributed by atoms with E-state index in [4.69, 9.17) is 4.74 Å². The molecule has 2 rings (SSSR count). The van der Waals surface area contributed by atoms with Crippen LogP contribution in [0.5, 0.6) is 5.75 Å². The van der Waals surface area contributed by atoms with Gasteiger partial charge in [-0.05, 0) is 55.0 Å². The van der Waals surface area contributed by atoms with Gasteiger partial charge in [0.25, 0.3) is 0 Å². The van der Waals surface area contributed by atoms with Crippen molar-refractivity contribution < 1.29 is 9.53 Å². The van der Waals surface area contributed by atoms with Crippen molar-refractivity contribution in [1.29, 1.82) is 0 Å². The molecule has 110 valence electrons. The molecule has 0 radical (unpaired) electrons. The van der Waals surface area contributed by atoms with Gasteiger partial charge >= 0.3 is 6.03 Å². The van der Waals surface area contributed by atoms with Crippen molar-refractivity contribution in [3.05, 3.63) is 23.8 Å². The Bertz CT molecular complexity index is 479. The molecule has 1 saturated heterocycles. The second kappa shape index (κ2) is 6.88. The Hall–Kier alpha value is -1.36. The quantitative estimate of drug-likeness (QED) is 0.927. The molecule has 0 spiro atoms. The van der Waals surface area contributed by atoms with Crippen LogP contribution in [0.3, 0.4) is 0 Å². The smallest absolute Gasteiger partial charge is 0.321 e. The summed E-state index contributed by atoms with van der Waals surface area (Å²) in [5.74, 6) is 2.60. The van der Waals surface area contributed by atoms with Crippen molar-refractivity contribution in [2.24, 2.45) is 5.92 Å². The van der Waals surface area contributed by atoms with Crippen molar-refractivity contribution in [2.45, 2.75) is 13.3 Å². The average molecular weight is 294 g/mol. The van der Waals surface area contributed by atoms with Crippen molar-refractivity contribution in [1.82, 2.24) is 4.90 Å². The van der Waals surface area contributed by atoms with Crippen LogP contribution in [0, 0.1) is 12.8 Å². The number of methoxy groups -OCH3 is 1. The van der Waals surface area contributed by atoms with Gasteiger partial charge in [0.2, 0.25) is 0 Å². The maximum absolute atomic E-state index is 12.2. The third-order valence-electron chi connectivity index (χ3n) is 3.62. The number of thioether (sulfide) groups is 1. The summed E-state index contributed by atoms with van der Waals surface area (Å²) >= 11 is 1.85. The lowest BCUT2D eigenvalue weighted by atomic mass is 10.2. The maximum Gasteiger partial charge on any atom is 0.321 e. The second-order valence-corrected chi connectivity index (χ2v) is 6.08. The van der Waals surface area contributed by atoms with E-state index in [0.717, 1.165) is 42.3 Å². The number of aryl methyl sites for hydroxylation is 1. The SMILES string of the molecule is COc1ccc(NC(=O)N2CC[C@@H](CSC)C2)cc1C. The summed E-state index contributed by atoms with van der Waals surface area (Å²) in [7, 11) is 1.65.